The molecule has 0 saturated carbocycles. The van der Waals surface area contributed by atoms with Gasteiger partial charge in [0.2, 0.25) is 0 Å². The first kappa shape index (κ1) is 22.3. The van der Waals surface area contributed by atoms with Crippen molar-refractivity contribution in [1.82, 2.24) is 0 Å². The minimum atomic E-state index is -4.70. The van der Waals surface area contributed by atoms with Gasteiger partial charge in [-0.3, -0.25) is 0 Å². The molecule has 0 atom stereocenters. The van der Waals surface area contributed by atoms with Gasteiger partial charge in [-0.1, -0.05) is 81.1 Å². The molecule has 32 heavy (non-hydrogen) atoms. The van der Waals surface area contributed by atoms with Crippen LogP contribution < -0.4 is 0 Å². The maximum Gasteiger partial charge on any atom is 0.419 e. The van der Waals surface area contributed by atoms with Crippen molar-refractivity contribution in [3.63, 3.8) is 0 Å². The van der Waals surface area contributed by atoms with Crippen molar-refractivity contribution in [2.45, 2.75) is 51.6 Å². The SMILES string of the molecule is CCCCCCCc1ccc2c(ccc3cc(-c4ccc(C(F)(F)F)c(F)c4)ccc32)c1. The van der Waals surface area contributed by atoms with E-state index in [0.29, 0.717) is 11.1 Å². The van der Waals surface area contributed by atoms with Crippen molar-refractivity contribution in [2.24, 2.45) is 0 Å². The average molecular weight is 439 g/mol. The van der Waals surface area contributed by atoms with Crippen LogP contribution >= 0.6 is 0 Å². The smallest absolute Gasteiger partial charge is 0.206 e. The van der Waals surface area contributed by atoms with E-state index in [1.807, 2.05) is 24.3 Å². The molecule has 4 aromatic rings. The minimum Gasteiger partial charge on any atom is -0.206 e. The lowest BCUT2D eigenvalue weighted by Crippen LogP contribution is -2.07. The van der Waals surface area contributed by atoms with Crippen molar-refractivity contribution in [3.8, 4) is 11.1 Å². The van der Waals surface area contributed by atoms with Crippen LogP contribution in [0.15, 0.2) is 66.7 Å². The number of halogens is 4. The monoisotopic (exact) mass is 438 g/mol. The zero-order valence-electron chi connectivity index (χ0n) is 18.1. The lowest BCUT2D eigenvalue weighted by molar-refractivity contribution is -0.139. The predicted octanol–water partition coefficient (Wildman–Crippen LogP) is 9.33. The van der Waals surface area contributed by atoms with E-state index in [1.165, 1.54) is 49.1 Å². The fraction of sp³-hybridized carbons (Fsp3) is 0.286. The Morgan fingerprint density at radius 1 is 0.656 bits per heavy atom. The summed E-state index contributed by atoms with van der Waals surface area (Å²) in [6, 6.07) is 19.5. The van der Waals surface area contributed by atoms with Crippen LogP contribution in [0.2, 0.25) is 0 Å². The maximum absolute atomic E-state index is 14.0. The molecule has 0 aliphatic rings. The molecule has 0 aliphatic heterocycles. The standard InChI is InChI=1S/C28H26F4/c1-2-3-4-5-6-7-19-8-13-24-22(16-19)9-10-23-17-20(11-14-25(23)24)21-12-15-26(27(29)18-21)28(30,31)32/h8-18H,2-7H2,1H3. The van der Waals surface area contributed by atoms with Gasteiger partial charge in [0.15, 0.2) is 0 Å². The molecule has 0 bridgehead atoms. The number of alkyl halides is 3. The van der Waals surface area contributed by atoms with Crippen molar-refractivity contribution in [2.75, 3.05) is 0 Å². The highest BCUT2D eigenvalue weighted by atomic mass is 19.4. The molecule has 0 N–H and O–H groups in total. The van der Waals surface area contributed by atoms with Crippen molar-refractivity contribution in [3.05, 3.63) is 83.7 Å². The number of fused-ring (bicyclic) bond motifs is 3. The summed E-state index contributed by atoms with van der Waals surface area (Å²) in [5, 5.41) is 4.37. The minimum absolute atomic E-state index is 0.427. The molecule has 0 nitrogen and oxygen atoms in total. The van der Waals surface area contributed by atoms with Crippen LogP contribution in [0.4, 0.5) is 17.6 Å². The molecule has 0 aliphatic carbocycles. The zero-order valence-corrected chi connectivity index (χ0v) is 18.1. The van der Waals surface area contributed by atoms with Crippen LogP contribution in [0.3, 0.4) is 0 Å². The molecule has 0 aromatic heterocycles. The lowest BCUT2D eigenvalue weighted by atomic mass is 9.95. The number of hydrogen-bond donors (Lipinski definition) is 0. The molecule has 0 fully saturated rings. The van der Waals surface area contributed by atoms with Gasteiger partial charge in [0.05, 0.1) is 5.56 Å². The highest BCUT2D eigenvalue weighted by molar-refractivity contribution is 6.08. The van der Waals surface area contributed by atoms with Gasteiger partial charge in [-0.2, -0.15) is 13.2 Å². The first-order chi connectivity index (χ1) is 15.4. The molecular formula is C28H26F4. The second kappa shape index (κ2) is 9.32. The second-order valence-electron chi connectivity index (χ2n) is 8.41. The predicted molar refractivity (Wildman–Crippen MR) is 124 cm³/mol. The average Bonchev–Trinajstić information content (AvgIpc) is 2.77. The third kappa shape index (κ3) is 4.79. The van der Waals surface area contributed by atoms with E-state index < -0.39 is 17.6 Å². The van der Waals surface area contributed by atoms with E-state index in [2.05, 4.69) is 31.2 Å². The Morgan fingerprint density at radius 3 is 1.97 bits per heavy atom. The van der Waals surface area contributed by atoms with Crippen molar-refractivity contribution < 1.29 is 17.6 Å². The number of unbranched alkanes of at least 4 members (excludes halogenated alkanes) is 4. The molecule has 0 spiro atoms. The molecule has 0 heterocycles. The molecule has 166 valence electrons. The van der Waals surface area contributed by atoms with Gasteiger partial charge < -0.3 is 0 Å². The summed E-state index contributed by atoms with van der Waals surface area (Å²) < 4.78 is 52.6. The van der Waals surface area contributed by atoms with E-state index in [0.717, 1.165) is 34.7 Å². The van der Waals surface area contributed by atoms with Crippen LogP contribution in [0.5, 0.6) is 0 Å². The Bertz CT molecular complexity index is 1240. The fourth-order valence-electron chi connectivity index (χ4n) is 4.31. The lowest BCUT2D eigenvalue weighted by Gasteiger charge is -2.11. The molecule has 0 radical (unpaired) electrons. The van der Waals surface area contributed by atoms with Gasteiger partial charge in [-0.25, -0.2) is 4.39 Å². The van der Waals surface area contributed by atoms with E-state index in [4.69, 9.17) is 0 Å². The zero-order chi connectivity index (χ0) is 22.7. The molecule has 0 unspecified atom stereocenters. The van der Waals surface area contributed by atoms with Gasteiger partial charge in [0.1, 0.15) is 5.82 Å². The van der Waals surface area contributed by atoms with Crippen LogP contribution in [0.25, 0.3) is 32.7 Å². The van der Waals surface area contributed by atoms with E-state index in [9.17, 15) is 17.6 Å². The second-order valence-corrected chi connectivity index (χ2v) is 8.41. The molecule has 4 rings (SSSR count). The Morgan fingerprint density at radius 2 is 1.28 bits per heavy atom. The number of aryl methyl sites for hydroxylation is 1. The van der Waals surface area contributed by atoms with Gasteiger partial charge in [0, 0.05) is 0 Å². The quantitative estimate of drug-likeness (QED) is 0.153. The van der Waals surface area contributed by atoms with Crippen LogP contribution in [0.1, 0.15) is 50.2 Å². The van der Waals surface area contributed by atoms with Crippen LogP contribution in [-0.4, -0.2) is 0 Å². The Hall–Kier alpha value is -2.88. The Balaban J connectivity index is 1.60. The van der Waals surface area contributed by atoms with Crippen molar-refractivity contribution in [1.29, 1.82) is 0 Å². The first-order valence-corrected chi connectivity index (χ1v) is 11.2. The topological polar surface area (TPSA) is 0 Å². The van der Waals surface area contributed by atoms with E-state index in [1.54, 1.807) is 0 Å². The molecular weight excluding hydrogens is 412 g/mol. The number of benzene rings is 4. The summed E-state index contributed by atoms with van der Waals surface area (Å²) in [7, 11) is 0. The summed E-state index contributed by atoms with van der Waals surface area (Å²) >= 11 is 0. The third-order valence-corrected chi connectivity index (χ3v) is 6.08. The molecule has 4 heteroatoms. The largest absolute Gasteiger partial charge is 0.419 e. The maximum atomic E-state index is 14.0. The van der Waals surface area contributed by atoms with Gasteiger partial charge >= 0.3 is 6.18 Å². The Kier molecular flexibility index (Phi) is 6.50. The first-order valence-electron chi connectivity index (χ1n) is 11.2. The molecule has 4 aromatic carbocycles. The molecule has 0 saturated heterocycles. The highest BCUT2D eigenvalue weighted by Gasteiger charge is 2.33. The van der Waals surface area contributed by atoms with Gasteiger partial charge in [-0.15, -0.1) is 0 Å². The van der Waals surface area contributed by atoms with E-state index >= 15 is 0 Å². The van der Waals surface area contributed by atoms with Crippen LogP contribution in [0, 0.1) is 5.82 Å². The van der Waals surface area contributed by atoms with E-state index in [-0.39, 0.29) is 0 Å². The fourth-order valence-corrected chi connectivity index (χ4v) is 4.31. The van der Waals surface area contributed by atoms with Crippen molar-refractivity contribution >= 4 is 21.5 Å². The number of hydrogen-bond acceptors (Lipinski definition) is 0. The summed E-state index contributed by atoms with van der Waals surface area (Å²) in [4.78, 5) is 0. The Labute approximate surface area is 185 Å². The normalized spacial score (nSPS) is 12.0. The summed E-state index contributed by atoms with van der Waals surface area (Å²) in [5.41, 5.74) is 1.21. The summed E-state index contributed by atoms with van der Waals surface area (Å²) in [6.07, 6.45) is 2.68. The number of rotatable bonds is 7. The summed E-state index contributed by atoms with van der Waals surface area (Å²) in [5.74, 6) is -1.25. The third-order valence-electron chi connectivity index (χ3n) is 6.08. The molecule has 0 amide bonds. The summed E-state index contributed by atoms with van der Waals surface area (Å²) in [6.45, 7) is 2.22. The highest BCUT2D eigenvalue weighted by Crippen LogP contribution is 2.35. The van der Waals surface area contributed by atoms with Gasteiger partial charge in [-0.05, 0) is 69.3 Å². The van der Waals surface area contributed by atoms with Crippen LogP contribution in [-0.2, 0) is 12.6 Å². The van der Waals surface area contributed by atoms with Gasteiger partial charge in [0.25, 0.3) is 0 Å².